The highest BCUT2D eigenvalue weighted by Crippen LogP contribution is 2.24. The summed E-state index contributed by atoms with van der Waals surface area (Å²) in [6, 6.07) is 5.39. The maximum absolute atomic E-state index is 11.6. The number of carbonyl (C=O) groups excluding carboxylic acids is 1. The summed E-state index contributed by atoms with van der Waals surface area (Å²) in [7, 11) is -1.40. The summed E-state index contributed by atoms with van der Waals surface area (Å²) < 4.78 is 11.6. The summed E-state index contributed by atoms with van der Waals surface area (Å²) in [5, 5.41) is 13.9. The number of primary amides is 1. The number of hydrogen-bond donors (Lipinski definition) is 4. The minimum Gasteiger partial charge on any atom is -0.365 e. The lowest BCUT2D eigenvalue weighted by Crippen LogP contribution is -2.16. The van der Waals surface area contributed by atoms with Crippen molar-refractivity contribution in [3.8, 4) is 0 Å². The molecule has 1 amide bonds. The van der Waals surface area contributed by atoms with Crippen molar-refractivity contribution in [2.24, 2.45) is 10.8 Å². The van der Waals surface area contributed by atoms with Gasteiger partial charge in [-0.2, -0.15) is 5.10 Å². The Kier molecular flexibility index (Phi) is 5.90. The molecule has 9 nitrogen and oxygen atoms in total. The van der Waals surface area contributed by atoms with Gasteiger partial charge in [0.1, 0.15) is 11.4 Å². The fourth-order valence-electron chi connectivity index (χ4n) is 1.88. The molecule has 1 heterocycles. The Morgan fingerprint density at radius 3 is 2.84 bits per heavy atom. The van der Waals surface area contributed by atoms with E-state index in [-0.39, 0.29) is 16.5 Å². The Morgan fingerprint density at radius 2 is 2.20 bits per heavy atom. The standard InChI is InChI=1S/C15H17N7O2S/c1-9-3-4-10(7-12(9)22-19-6-5-16)20-14-11(13(17)23)8-18-15(21-14)25(2)24/h3-8,16,22H,1-2H3,(H2,17,23)(H,18,20,21)/b16-5?,19-6-. The lowest BCUT2D eigenvalue weighted by atomic mass is 10.2. The monoisotopic (exact) mass is 359 g/mol. The first kappa shape index (κ1) is 18.2. The van der Waals surface area contributed by atoms with Gasteiger partial charge in [0.25, 0.3) is 5.91 Å². The zero-order chi connectivity index (χ0) is 18.4. The summed E-state index contributed by atoms with van der Waals surface area (Å²) in [4.78, 5) is 19.6. The number of amides is 1. The van der Waals surface area contributed by atoms with Gasteiger partial charge in [0.05, 0.1) is 22.7 Å². The molecule has 0 aliphatic carbocycles. The van der Waals surface area contributed by atoms with Gasteiger partial charge in [0, 0.05) is 24.4 Å². The van der Waals surface area contributed by atoms with E-state index in [0.717, 1.165) is 11.8 Å². The first-order chi connectivity index (χ1) is 11.9. The molecule has 1 aromatic carbocycles. The van der Waals surface area contributed by atoms with Gasteiger partial charge in [0.2, 0.25) is 5.16 Å². The van der Waals surface area contributed by atoms with Crippen LogP contribution in [0.3, 0.4) is 0 Å². The predicted molar refractivity (Wildman–Crippen MR) is 98.2 cm³/mol. The molecule has 25 heavy (non-hydrogen) atoms. The lowest BCUT2D eigenvalue weighted by molar-refractivity contribution is 0.100. The van der Waals surface area contributed by atoms with Gasteiger partial charge in [-0.15, -0.1) is 0 Å². The SMILES string of the molecule is Cc1ccc(Nc2nc(S(C)=O)ncc2C(N)=O)cc1N/N=C\C=N. The summed E-state index contributed by atoms with van der Waals surface area (Å²) in [5.41, 5.74) is 10.5. The van der Waals surface area contributed by atoms with E-state index in [2.05, 4.69) is 25.8 Å². The Labute approximate surface area is 146 Å². The summed E-state index contributed by atoms with van der Waals surface area (Å²) in [6.07, 6.45) is 5.04. The molecule has 2 aromatic rings. The van der Waals surface area contributed by atoms with Crippen molar-refractivity contribution in [3.05, 3.63) is 35.5 Å². The number of nitrogens with one attached hydrogen (secondary N) is 3. The molecule has 0 saturated heterocycles. The van der Waals surface area contributed by atoms with Gasteiger partial charge in [-0.3, -0.25) is 14.4 Å². The molecule has 0 spiro atoms. The molecular weight excluding hydrogens is 342 g/mol. The van der Waals surface area contributed by atoms with E-state index in [1.54, 1.807) is 12.1 Å². The van der Waals surface area contributed by atoms with Crippen LogP contribution in [0.4, 0.5) is 17.2 Å². The molecule has 0 radical (unpaired) electrons. The Hall–Kier alpha value is -3.14. The second-order valence-electron chi connectivity index (χ2n) is 4.94. The van der Waals surface area contributed by atoms with Gasteiger partial charge in [0.15, 0.2) is 0 Å². The maximum Gasteiger partial charge on any atom is 0.254 e. The molecule has 5 N–H and O–H groups in total. The number of hydrazone groups is 1. The quantitative estimate of drug-likeness (QED) is 0.334. The van der Waals surface area contributed by atoms with E-state index in [9.17, 15) is 9.00 Å². The number of carbonyl (C=O) groups is 1. The number of anilines is 3. The van der Waals surface area contributed by atoms with Gasteiger partial charge < -0.3 is 16.5 Å². The van der Waals surface area contributed by atoms with Crippen LogP contribution in [-0.4, -0.2) is 38.8 Å². The first-order valence-electron chi connectivity index (χ1n) is 7.08. The number of rotatable bonds is 7. The number of aromatic nitrogens is 2. The van der Waals surface area contributed by atoms with E-state index < -0.39 is 16.7 Å². The maximum atomic E-state index is 11.6. The van der Waals surface area contributed by atoms with Crippen LogP contribution in [0.15, 0.2) is 34.7 Å². The van der Waals surface area contributed by atoms with Gasteiger partial charge in [-0.05, 0) is 24.6 Å². The fourth-order valence-corrected chi connectivity index (χ4v) is 2.30. The molecule has 130 valence electrons. The molecule has 0 saturated carbocycles. The number of hydrogen-bond acceptors (Lipinski definition) is 8. The normalized spacial score (nSPS) is 11.9. The molecule has 10 heteroatoms. The van der Waals surface area contributed by atoms with Crippen molar-refractivity contribution >= 4 is 46.3 Å². The Balaban J connectivity index is 2.38. The number of nitrogens with zero attached hydrogens (tertiary/aromatic N) is 3. The van der Waals surface area contributed by atoms with Crippen LogP contribution < -0.4 is 16.5 Å². The molecule has 0 aliphatic rings. The zero-order valence-corrected chi connectivity index (χ0v) is 14.4. The third kappa shape index (κ3) is 4.67. The highest BCUT2D eigenvalue weighted by Gasteiger charge is 2.14. The fraction of sp³-hybridized carbons (Fsp3) is 0.133. The average Bonchev–Trinajstić information content (AvgIpc) is 2.57. The van der Waals surface area contributed by atoms with Crippen molar-refractivity contribution in [2.75, 3.05) is 17.0 Å². The Morgan fingerprint density at radius 1 is 1.44 bits per heavy atom. The van der Waals surface area contributed by atoms with E-state index in [0.29, 0.717) is 11.4 Å². The second-order valence-corrected chi connectivity index (χ2v) is 6.22. The van der Waals surface area contributed by atoms with Crippen LogP contribution in [0, 0.1) is 12.3 Å². The smallest absolute Gasteiger partial charge is 0.254 e. The highest BCUT2D eigenvalue weighted by atomic mass is 32.2. The molecule has 0 aliphatic heterocycles. The predicted octanol–water partition coefficient (Wildman–Crippen LogP) is 1.41. The molecule has 1 unspecified atom stereocenters. The third-order valence-corrected chi connectivity index (χ3v) is 3.83. The summed E-state index contributed by atoms with van der Waals surface area (Å²) in [6.45, 7) is 1.89. The van der Waals surface area contributed by atoms with Crippen molar-refractivity contribution in [3.63, 3.8) is 0 Å². The van der Waals surface area contributed by atoms with Crippen LogP contribution in [0.25, 0.3) is 0 Å². The molecule has 0 bridgehead atoms. The molecule has 0 fully saturated rings. The van der Waals surface area contributed by atoms with Gasteiger partial charge in [-0.1, -0.05) is 6.07 Å². The van der Waals surface area contributed by atoms with E-state index in [1.165, 1.54) is 18.7 Å². The van der Waals surface area contributed by atoms with Crippen molar-refractivity contribution in [1.29, 1.82) is 5.41 Å². The number of nitrogens with two attached hydrogens (primary N) is 1. The minimum atomic E-state index is -1.40. The topological polar surface area (TPSA) is 146 Å². The van der Waals surface area contributed by atoms with Crippen molar-refractivity contribution in [2.45, 2.75) is 12.1 Å². The van der Waals surface area contributed by atoms with Crippen molar-refractivity contribution < 1.29 is 9.00 Å². The molecular formula is C15H17N7O2S. The van der Waals surface area contributed by atoms with Crippen LogP contribution >= 0.6 is 0 Å². The van der Waals surface area contributed by atoms with E-state index >= 15 is 0 Å². The van der Waals surface area contributed by atoms with Crippen LogP contribution in [0.1, 0.15) is 15.9 Å². The molecule has 1 aromatic heterocycles. The van der Waals surface area contributed by atoms with Gasteiger partial charge >= 0.3 is 0 Å². The number of benzene rings is 1. The summed E-state index contributed by atoms with van der Waals surface area (Å²) in [5.74, 6) is -0.525. The van der Waals surface area contributed by atoms with E-state index in [4.69, 9.17) is 11.1 Å². The first-order valence-corrected chi connectivity index (χ1v) is 8.64. The molecule has 2 rings (SSSR count). The zero-order valence-electron chi connectivity index (χ0n) is 13.6. The highest BCUT2D eigenvalue weighted by molar-refractivity contribution is 7.84. The van der Waals surface area contributed by atoms with Crippen LogP contribution in [0.2, 0.25) is 0 Å². The van der Waals surface area contributed by atoms with Crippen LogP contribution in [-0.2, 0) is 10.8 Å². The van der Waals surface area contributed by atoms with Crippen LogP contribution in [0.5, 0.6) is 0 Å². The largest absolute Gasteiger partial charge is 0.365 e. The minimum absolute atomic E-state index is 0.0890. The van der Waals surface area contributed by atoms with E-state index in [1.807, 2.05) is 13.0 Å². The number of aryl methyl sites for hydroxylation is 1. The third-order valence-electron chi connectivity index (χ3n) is 3.12. The average molecular weight is 359 g/mol. The van der Waals surface area contributed by atoms with Gasteiger partial charge in [-0.25, -0.2) is 9.97 Å². The molecule has 1 atom stereocenters. The van der Waals surface area contributed by atoms with Crippen molar-refractivity contribution in [1.82, 2.24) is 9.97 Å². The summed E-state index contributed by atoms with van der Waals surface area (Å²) >= 11 is 0. The second kappa shape index (κ2) is 8.11. The lowest BCUT2D eigenvalue weighted by Gasteiger charge is -2.12. The Bertz CT molecular complexity index is 867.